The Hall–Kier alpha value is -4.22. The molecular weight excluding hydrogens is 459 g/mol. The van der Waals surface area contributed by atoms with Crippen LogP contribution in [0.25, 0.3) is 0 Å². The topological polar surface area (TPSA) is 122 Å². The molecule has 2 N–H and O–H groups in total. The summed E-state index contributed by atoms with van der Waals surface area (Å²) in [5.74, 6) is -3.94. The van der Waals surface area contributed by atoms with Crippen molar-refractivity contribution in [3.05, 3.63) is 64.7 Å². The Balaban J connectivity index is 1.49. The van der Waals surface area contributed by atoms with Crippen LogP contribution in [0.4, 0.5) is 13.2 Å². The Morgan fingerprint density at radius 3 is 2.38 bits per heavy atom. The minimum Gasteiger partial charge on any atom is -0.406 e. The first-order chi connectivity index (χ1) is 16.0. The highest BCUT2D eigenvalue weighted by atomic mass is 19.4. The second kappa shape index (κ2) is 8.61. The molecule has 0 radical (unpaired) electrons. The lowest BCUT2D eigenvalue weighted by Crippen LogP contribution is -2.52. The monoisotopic (exact) mass is 475 g/mol. The van der Waals surface area contributed by atoms with Crippen molar-refractivity contribution in [3.63, 3.8) is 0 Å². The van der Waals surface area contributed by atoms with E-state index < -0.39 is 47.7 Å². The molecule has 12 heteroatoms. The summed E-state index contributed by atoms with van der Waals surface area (Å²) in [5, 5.41) is 4.29. The molecule has 34 heavy (non-hydrogen) atoms. The van der Waals surface area contributed by atoms with Crippen molar-refractivity contribution in [2.45, 2.75) is 31.8 Å². The van der Waals surface area contributed by atoms with Crippen molar-refractivity contribution in [1.82, 2.24) is 15.5 Å². The van der Waals surface area contributed by atoms with Gasteiger partial charge in [-0.25, -0.2) is 0 Å². The molecule has 1 unspecified atom stereocenters. The van der Waals surface area contributed by atoms with Gasteiger partial charge in [-0.05, 0) is 42.3 Å². The molecule has 2 aromatic rings. The average Bonchev–Trinajstić information content (AvgIpc) is 3.09. The first-order valence-corrected chi connectivity index (χ1v) is 10.0. The molecule has 2 aliphatic heterocycles. The van der Waals surface area contributed by atoms with Crippen LogP contribution in [0.5, 0.6) is 5.75 Å². The normalized spacial score (nSPS) is 17.8. The van der Waals surface area contributed by atoms with Crippen molar-refractivity contribution < 1.29 is 41.9 Å². The highest BCUT2D eigenvalue weighted by Gasteiger charge is 2.40. The number of nitrogens with one attached hydrogen (secondary N) is 2. The SMILES string of the molecule is O=C1CCC(N2Cc3cccc(C(=O)NC(=O)c4ccc(OC(F)(F)F)cc4)c3C2=O)C(=O)N1. The molecule has 2 aliphatic rings. The number of fused-ring (bicyclic) bond motifs is 1. The Morgan fingerprint density at radius 2 is 1.74 bits per heavy atom. The predicted octanol–water partition coefficient (Wildman–Crippen LogP) is 1.92. The first kappa shape index (κ1) is 23.0. The number of piperidine rings is 1. The van der Waals surface area contributed by atoms with Gasteiger partial charge in [-0.1, -0.05) is 12.1 Å². The van der Waals surface area contributed by atoms with Crippen molar-refractivity contribution in [2.24, 2.45) is 0 Å². The van der Waals surface area contributed by atoms with Crippen molar-refractivity contribution in [3.8, 4) is 5.75 Å². The standard InChI is InChI=1S/C22H16F3N3O6/c23-22(24,25)34-13-6-4-11(5-7-13)18(30)27-19(31)14-3-1-2-12-10-28(21(33)17(12)14)15-8-9-16(29)26-20(15)32/h1-7,15H,8-10H2,(H,26,29,32)(H,27,30,31). The molecule has 176 valence electrons. The average molecular weight is 475 g/mol. The molecular formula is C22H16F3N3O6. The third kappa shape index (κ3) is 4.60. The lowest BCUT2D eigenvalue weighted by Gasteiger charge is -2.29. The maximum absolute atomic E-state index is 13.0. The predicted molar refractivity (Wildman–Crippen MR) is 107 cm³/mol. The van der Waals surface area contributed by atoms with Gasteiger partial charge in [0.1, 0.15) is 11.8 Å². The van der Waals surface area contributed by atoms with Gasteiger partial charge in [0.15, 0.2) is 0 Å². The van der Waals surface area contributed by atoms with E-state index in [-0.39, 0.29) is 36.1 Å². The molecule has 0 aromatic heterocycles. The van der Waals surface area contributed by atoms with Crippen LogP contribution in [0.15, 0.2) is 42.5 Å². The number of nitrogens with zero attached hydrogens (tertiary/aromatic N) is 1. The summed E-state index contributed by atoms with van der Waals surface area (Å²) in [6.45, 7) is 0.0518. The zero-order chi connectivity index (χ0) is 24.6. The van der Waals surface area contributed by atoms with E-state index in [1.165, 1.54) is 17.0 Å². The molecule has 5 amide bonds. The second-order valence-electron chi connectivity index (χ2n) is 7.60. The van der Waals surface area contributed by atoms with Crippen molar-refractivity contribution >= 4 is 29.5 Å². The van der Waals surface area contributed by atoms with E-state index in [2.05, 4.69) is 15.4 Å². The van der Waals surface area contributed by atoms with E-state index in [9.17, 15) is 37.1 Å². The highest BCUT2D eigenvalue weighted by molar-refractivity contribution is 6.16. The fourth-order valence-corrected chi connectivity index (χ4v) is 3.85. The molecule has 2 heterocycles. The zero-order valence-corrected chi connectivity index (χ0v) is 17.3. The Morgan fingerprint density at radius 1 is 1.03 bits per heavy atom. The molecule has 0 spiro atoms. The van der Waals surface area contributed by atoms with E-state index in [1.54, 1.807) is 6.07 Å². The molecule has 9 nitrogen and oxygen atoms in total. The molecule has 0 bridgehead atoms. The van der Waals surface area contributed by atoms with Gasteiger partial charge in [0.2, 0.25) is 11.8 Å². The number of amides is 5. The van der Waals surface area contributed by atoms with Gasteiger partial charge in [0.25, 0.3) is 17.7 Å². The molecule has 4 rings (SSSR count). The Labute approximate surface area is 189 Å². The summed E-state index contributed by atoms with van der Waals surface area (Å²) < 4.78 is 40.5. The lowest BCUT2D eigenvalue weighted by molar-refractivity contribution is -0.274. The first-order valence-electron chi connectivity index (χ1n) is 10.0. The zero-order valence-electron chi connectivity index (χ0n) is 17.3. The van der Waals surface area contributed by atoms with Crippen LogP contribution in [-0.2, 0) is 16.1 Å². The van der Waals surface area contributed by atoms with Gasteiger partial charge >= 0.3 is 6.36 Å². The highest BCUT2D eigenvalue weighted by Crippen LogP contribution is 2.30. The third-order valence-electron chi connectivity index (χ3n) is 5.37. The van der Waals surface area contributed by atoms with Crippen LogP contribution < -0.4 is 15.4 Å². The number of ether oxygens (including phenoxy) is 1. The number of carbonyl (C=O) groups is 5. The van der Waals surface area contributed by atoms with Gasteiger partial charge < -0.3 is 9.64 Å². The summed E-state index contributed by atoms with van der Waals surface area (Å²) in [5.41, 5.74) is 0.310. The Bertz CT molecular complexity index is 1210. The smallest absolute Gasteiger partial charge is 0.406 e. The number of alkyl halides is 3. The number of hydrogen-bond acceptors (Lipinski definition) is 6. The van der Waals surface area contributed by atoms with E-state index in [1.807, 2.05) is 0 Å². The molecule has 0 aliphatic carbocycles. The quantitative estimate of drug-likeness (QED) is 0.652. The van der Waals surface area contributed by atoms with Crippen molar-refractivity contribution in [2.75, 3.05) is 0 Å². The van der Waals surface area contributed by atoms with Gasteiger partial charge in [-0.2, -0.15) is 0 Å². The van der Waals surface area contributed by atoms with Gasteiger partial charge in [0, 0.05) is 18.5 Å². The largest absolute Gasteiger partial charge is 0.573 e. The summed E-state index contributed by atoms with van der Waals surface area (Å²) in [4.78, 5) is 63.1. The van der Waals surface area contributed by atoms with Crippen LogP contribution in [0.1, 0.15) is 49.5 Å². The lowest BCUT2D eigenvalue weighted by atomic mass is 10.0. The van der Waals surface area contributed by atoms with Crippen LogP contribution in [-0.4, -0.2) is 46.8 Å². The summed E-state index contributed by atoms with van der Waals surface area (Å²) >= 11 is 0. The third-order valence-corrected chi connectivity index (χ3v) is 5.37. The summed E-state index contributed by atoms with van der Waals surface area (Å²) in [7, 11) is 0. The molecule has 0 saturated carbocycles. The maximum atomic E-state index is 13.0. The Kier molecular flexibility index (Phi) is 5.82. The number of imide groups is 2. The summed E-state index contributed by atoms with van der Waals surface area (Å²) in [6, 6.07) is 7.55. The second-order valence-corrected chi connectivity index (χ2v) is 7.60. The summed E-state index contributed by atoms with van der Waals surface area (Å²) in [6.07, 6.45) is -4.66. The maximum Gasteiger partial charge on any atom is 0.573 e. The van der Waals surface area contributed by atoms with Crippen LogP contribution in [0.2, 0.25) is 0 Å². The van der Waals surface area contributed by atoms with Gasteiger partial charge in [0.05, 0.1) is 11.1 Å². The van der Waals surface area contributed by atoms with E-state index in [0.29, 0.717) is 5.56 Å². The van der Waals surface area contributed by atoms with Crippen LogP contribution in [0.3, 0.4) is 0 Å². The molecule has 1 atom stereocenters. The minimum atomic E-state index is -4.89. The number of benzene rings is 2. The molecule has 1 fully saturated rings. The number of carbonyl (C=O) groups excluding carboxylic acids is 5. The van der Waals surface area contributed by atoms with Gasteiger partial charge in [-0.15, -0.1) is 13.2 Å². The fourth-order valence-electron chi connectivity index (χ4n) is 3.85. The van der Waals surface area contributed by atoms with E-state index >= 15 is 0 Å². The van der Waals surface area contributed by atoms with Gasteiger partial charge in [-0.3, -0.25) is 34.6 Å². The van der Waals surface area contributed by atoms with Crippen molar-refractivity contribution in [1.29, 1.82) is 0 Å². The van der Waals surface area contributed by atoms with Crippen LogP contribution in [0, 0.1) is 0 Å². The molecule has 1 saturated heterocycles. The molecule has 2 aromatic carbocycles. The number of rotatable bonds is 4. The number of halogens is 3. The fraction of sp³-hybridized carbons (Fsp3) is 0.227. The number of hydrogen-bond donors (Lipinski definition) is 2. The van der Waals surface area contributed by atoms with E-state index in [0.717, 1.165) is 24.3 Å². The minimum absolute atomic E-state index is 0.0337. The van der Waals surface area contributed by atoms with E-state index in [4.69, 9.17) is 0 Å². The van der Waals surface area contributed by atoms with Crippen LogP contribution >= 0.6 is 0 Å².